The maximum atomic E-state index is 12.7. The molecule has 114 valence electrons. The van der Waals surface area contributed by atoms with Crippen molar-refractivity contribution in [3.8, 4) is 5.88 Å². The zero-order valence-corrected chi connectivity index (χ0v) is 12.1. The predicted molar refractivity (Wildman–Crippen MR) is 85.8 cm³/mol. The Kier molecular flexibility index (Phi) is 2.90. The molecule has 0 radical (unpaired) electrons. The Balaban J connectivity index is 1.89. The number of aromatic nitrogens is 2. The molecule has 3 heterocycles. The standard InChI is InChI=1S/C17H13N3O3/c21-15-12-3-1-2-10-6-9-20(14(10)12)17(23)13(15)16(22)19-11-4-7-18-8-5-11/h1-5,7-8,23H,6,9H2,(H,18,19,22). The molecule has 23 heavy (non-hydrogen) atoms. The molecule has 0 saturated heterocycles. The Morgan fingerprint density at radius 1 is 1.22 bits per heavy atom. The van der Waals surface area contributed by atoms with Gasteiger partial charge in [-0.05, 0) is 30.2 Å². The highest BCUT2D eigenvalue weighted by molar-refractivity contribution is 6.08. The SMILES string of the molecule is O=C(Nc1ccncc1)c1c(O)n2c3c(cccc3c1=O)CC2. The van der Waals surface area contributed by atoms with Gasteiger partial charge < -0.3 is 15.0 Å². The molecular formula is C17H13N3O3. The van der Waals surface area contributed by atoms with Gasteiger partial charge in [0.25, 0.3) is 5.91 Å². The van der Waals surface area contributed by atoms with E-state index in [0.717, 1.165) is 17.5 Å². The summed E-state index contributed by atoms with van der Waals surface area (Å²) in [5, 5.41) is 13.5. The van der Waals surface area contributed by atoms with Crippen LogP contribution in [0.15, 0.2) is 47.5 Å². The Hall–Kier alpha value is -3.15. The maximum absolute atomic E-state index is 12.7. The van der Waals surface area contributed by atoms with Gasteiger partial charge in [0.15, 0.2) is 0 Å². The van der Waals surface area contributed by atoms with Crippen molar-refractivity contribution >= 4 is 22.5 Å². The lowest BCUT2D eigenvalue weighted by molar-refractivity contribution is 0.102. The molecule has 0 saturated carbocycles. The highest BCUT2D eigenvalue weighted by Crippen LogP contribution is 2.30. The van der Waals surface area contributed by atoms with Gasteiger partial charge in [0.2, 0.25) is 11.3 Å². The molecule has 0 unspecified atom stereocenters. The summed E-state index contributed by atoms with van der Waals surface area (Å²) >= 11 is 0. The van der Waals surface area contributed by atoms with Crippen molar-refractivity contribution < 1.29 is 9.90 Å². The molecule has 0 fully saturated rings. The van der Waals surface area contributed by atoms with Gasteiger partial charge in [-0.3, -0.25) is 14.6 Å². The lowest BCUT2D eigenvalue weighted by Crippen LogP contribution is -2.24. The van der Waals surface area contributed by atoms with E-state index < -0.39 is 11.3 Å². The number of aryl methyl sites for hydroxylation is 2. The maximum Gasteiger partial charge on any atom is 0.265 e. The van der Waals surface area contributed by atoms with Crippen LogP contribution in [0, 0.1) is 0 Å². The number of aromatic hydroxyl groups is 1. The highest BCUT2D eigenvalue weighted by atomic mass is 16.3. The van der Waals surface area contributed by atoms with Gasteiger partial charge in [0.1, 0.15) is 5.56 Å². The fourth-order valence-electron chi connectivity index (χ4n) is 3.06. The second-order valence-corrected chi connectivity index (χ2v) is 5.43. The van der Waals surface area contributed by atoms with Crippen LogP contribution >= 0.6 is 0 Å². The number of rotatable bonds is 2. The molecule has 0 atom stereocenters. The Morgan fingerprint density at radius 3 is 2.78 bits per heavy atom. The van der Waals surface area contributed by atoms with Crippen LogP contribution in [0.2, 0.25) is 0 Å². The molecule has 0 bridgehead atoms. The molecule has 2 aromatic heterocycles. The third kappa shape index (κ3) is 1.99. The predicted octanol–water partition coefficient (Wildman–Crippen LogP) is 1.91. The van der Waals surface area contributed by atoms with Crippen LogP contribution < -0.4 is 10.7 Å². The summed E-state index contributed by atoms with van der Waals surface area (Å²) in [6, 6.07) is 8.65. The van der Waals surface area contributed by atoms with E-state index in [1.807, 2.05) is 6.07 Å². The number of anilines is 1. The van der Waals surface area contributed by atoms with Gasteiger partial charge in [-0.1, -0.05) is 12.1 Å². The van der Waals surface area contributed by atoms with Gasteiger partial charge in [0, 0.05) is 30.0 Å². The summed E-state index contributed by atoms with van der Waals surface area (Å²) in [6.07, 6.45) is 3.81. The third-order valence-electron chi connectivity index (χ3n) is 4.11. The number of para-hydroxylation sites is 1. The average molecular weight is 307 g/mol. The van der Waals surface area contributed by atoms with E-state index in [0.29, 0.717) is 17.6 Å². The highest BCUT2D eigenvalue weighted by Gasteiger charge is 2.26. The van der Waals surface area contributed by atoms with E-state index in [2.05, 4.69) is 10.3 Å². The largest absolute Gasteiger partial charge is 0.494 e. The van der Waals surface area contributed by atoms with Crippen LogP contribution in [0.4, 0.5) is 5.69 Å². The van der Waals surface area contributed by atoms with Crippen molar-refractivity contribution in [3.63, 3.8) is 0 Å². The quantitative estimate of drug-likeness (QED) is 0.757. The lowest BCUT2D eigenvalue weighted by atomic mass is 10.1. The topological polar surface area (TPSA) is 84.2 Å². The summed E-state index contributed by atoms with van der Waals surface area (Å²) in [7, 11) is 0. The summed E-state index contributed by atoms with van der Waals surface area (Å²) in [4.78, 5) is 29.0. The molecular weight excluding hydrogens is 294 g/mol. The number of carbonyl (C=O) groups excluding carboxylic acids is 1. The first-order valence-electron chi connectivity index (χ1n) is 7.25. The smallest absolute Gasteiger partial charge is 0.265 e. The molecule has 6 nitrogen and oxygen atoms in total. The summed E-state index contributed by atoms with van der Waals surface area (Å²) < 4.78 is 1.63. The molecule has 2 N–H and O–H groups in total. The number of nitrogens with one attached hydrogen (secondary N) is 1. The number of pyridine rings is 2. The van der Waals surface area contributed by atoms with E-state index in [4.69, 9.17) is 0 Å². The van der Waals surface area contributed by atoms with Gasteiger partial charge in [-0.25, -0.2) is 0 Å². The first kappa shape index (κ1) is 13.5. The van der Waals surface area contributed by atoms with Gasteiger partial charge >= 0.3 is 0 Å². The van der Waals surface area contributed by atoms with Crippen molar-refractivity contribution in [1.29, 1.82) is 0 Å². The Morgan fingerprint density at radius 2 is 2.00 bits per heavy atom. The number of benzene rings is 1. The number of nitrogens with zero attached hydrogens (tertiary/aromatic N) is 2. The van der Waals surface area contributed by atoms with E-state index in [1.165, 1.54) is 12.4 Å². The van der Waals surface area contributed by atoms with Crippen LogP contribution in [-0.2, 0) is 13.0 Å². The fraction of sp³-hybridized carbons (Fsp3) is 0.118. The van der Waals surface area contributed by atoms with Crippen molar-refractivity contribution in [2.75, 3.05) is 5.32 Å². The number of carbonyl (C=O) groups is 1. The van der Waals surface area contributed by atoms with Crippen molar-refractivity contribution in [1.82, 2.24) is 9.55 Å². The zero-order valence-electron chi connectivity index (χ0n) is 12.1. The van der Waals surface area contributed by atoms with Gasteiger partial charge in [-0.15, -0.1) is 0 Å². The van der Waals surface area contributed by atoms with E-state index in [9.17, 15) is 14.7 Å². The minimum atomic E-state index is -0.623. The van der Waals surface area contributed by atoms with Crippen molar-refractivity contribution in [2.24, 2.45) is 0 Å². The van der Waals surface area contributed by atoms with Crippen molar-refractivity contribution in [2.45, 2.75) is 13.0 Å². The average Bonchev–Trinajstić information content (AvgIpc) is 2.99. The molecule has 4 rings (SSSR count). The normalized spacial score (nSPS) is 12.5. The van der Waals surface area contributed by atoms with Crippen LogP contribution in [0.25, 0.3) is 10.9 Å². The Labute approximate surface area is 131 Å². The first-order chi connectivity index (χ1) is 11.2. The van der Waals surface area contributed by atoms with Crippen LogP contribution in [0.3, 0.4) is 0 Å². The summed E-state index contributed by atoms with van der Waals surface area (Å²) in [5.41, 5.74) is 1.56. The molecule has 6 heteroatoms. The van der Waals surface area contributed by atoms with Crippen molar-refractivity contribution in [3.05, 3.63) is 64.1 Å². The fourth-order valence-corrected chi connectivity index (χ4v) is 3.06. The van der Waals surface area contributed by atoms with Gasteiger partial charge in [-0.2, -0.15) is 0 Å². The molecule has 1 aliphatic heterocycles. The van der Waals surface area contributed by atoms with E-state index in [-0.39, 0.29) is 11.4 Å². The van der Waals surface area contributed by atoms with E-state index in [1.54, 1.807) is 28.8 Å². The monoisotopic (exact) mass is 307 g/mol. The van der Waals surface area contributed by atoms with E-state index >= 15 is 0 Å². The number of hydrogen-bond donors (Lipinski definition) is 2. The third-order valence-corrected chi connectivity index (χ3v) is 4.11. The summed E-state index contributed by atoms with van der Waals surface area (Å²) in [5.74, 6) is -0.902. The first-order valence-corrected chi connectivity index (χ1v) is 7.25. The molecule has 1 amide bonds. The molecule has 1 aliphatic rings. The Bertz CT molecular complexity index is 993. The van der Waals surface area contributed by atoms with Crippen LogP contribution in [-0.4, -0.2) is 20.6 Å². The second-order valence-electron chi connectivity index (χ2n) is 5.43. The van der Waals surface area contributed by atoms with Crippen LogP contribution in [0.1, 0.15) is 15.9 Å². The number of amides is 1. The zero-order chi connectivity index (χ0) is 16.0. The second kappa shape index (κ2) is 4.95. The molecule has 1 aromatic carbocycles. The van der Waals surface area contributed by atoms with Crippen LogP contribution in [0.5, 0.6) is 5.88 Å². The molecule has 0 aliphatic carbocycles. The minimum absolute atomic E-state index is 0.228. The molecule has 0 spiro atoms. The summed E-state index contributed by atoms with van der Waals surface area (Å²) in [6.45, 7) is 0.553. The molecule has 3 aromatic rings. The lowest BCUT2D eigenvalue weighted by Gasteiger charge is -2.12. The van der Waals surface area contributed by atoms with Gasteiger partial charge in [0.05, 0.1) is 5.52 Å². The minimum Gasteiger partial charge on any atom is -0.494 e. The number of hydrogen-bond acceptors (Lipinski definition) is 4.